The third-order valence-electron chi connectivity index (χ3n) is 8.16. The van der Waals surface area contributed by atoms with Crippen molar-refractivity contribution >= 4 is 60.6 Å². The van der Waals surface area contributed by atoms with Gasteiger partial charge in [0.1, 0.15) is 17.7 Å². The summed E-state index contributed by atoms with van der Waals surface area (Å²) >= 11 is 0. The molecule has 3 aromatic rings. The molecule has 18 heteroatoms. The molecule has 2 saturated heterocycles. The van der Waals surface area contributed by atoms with Crippen molar-refractivity contribution in [2.45, 2.75) is 37.8 Å². The molecule has 0 spiro atoms. The van der Waals surface area contributed by atoms with Crippen molar-refractivity contribution in [2.24, 2.45) is 0 Å². The highest BCUT2D eigenvalue weighted by molar-refractivity contribution is 6.04. The summed E-state index contributed by atoms with van der Waals surface area (Å²) in [7, 11) is 0. The highest BCUT2D eigenvalue weighted by Gasteiger charge is 2.46. The van der Waals surface area contributed by atoms with Crippen molar-refractivity contribution in [3.05, 3.63) is 77.2 Å². The highest BCUT2D eigenvalue weighted by Crippen LogP contribution is 2.37. The van der Waals surface area contributed by atoms with E-state index in [0.29, 0.717) is 38.3 Å². The van der Waals surface area contributed by atoms with E-state index in [1.807, 2.05) is 4.90 Å². The van der Waals surface area contributed by atoms with Gasteiger partial charge >= 0.3 is 18.3 Å². The number of alkyl halides is 6. The summed E-state index contributed by atoms with van der Waals surface area (Å²) in [5.74, 6) is -2.99. The second kappa shape index (κ2) is 17.0. The number of anilines is 2. The lowest BCUT2D eigenvalue weighted by Crippen LogP contribution is -2.47. The molecule has 1 atom stereocenters. The van der Waals surface area contributed by atoms with Crippen molar-refractivity contribution in [1.82, 2.24) is 14.8 Å². The fourth-order valence-electron chi connectivity index (χ4n) is 5.84. The zero-order chi connectivity index (χ0) is 33.2. The predicted octanol–water partition coefficient (Wildman–Crippen LogP) is 7.16. The molecule has 0 saturated carbocycles. The first-order valence-corrected chi connectivity index (χ1v) is 14.5. The van der Waals surface area contributed by atoms with Gasteiger partial charge in [-0.15, -0.1) is 37.2 Å². The summed E-state index contributed by atoms with van der Waals surface area (Å²) < 4.78 is 95.0. The molecule has 2 N–H and O–H groups in total. The standard InChI is InChI=1S/C31H30F7N5O3.3ClH/c32-25-14-20(5-8-24(25)30(33,34)35)23-16-39-27(15-21(23)17-43-9-1-2-26(43)31(36,37)38)40-29(46)19-3-6-22(7-4-19)42-12-10-41(11-13-42)18-28(44)45;;;/h3-8,14-16,26H,1-2,9-13,17-18H2,(H,44,45)(H,39,40,46);3*1H/t26-;;;/m0.../s1. The number of hydrogen-bond acceptors (Lipinski definition) is 6. The van der Waals surface area contributed by atoms with Crippen molar-refractivity contribution in [2.75, 3.05) is 49.5 Å². The van der Waals surface area contributed by atoms with Gasteiger partial charge in [-0.3, -0.25) is 19.4 Å². The summed E-state index contributed by atoms with van der Waals surface area (Å²) in [6, 6.07) is 8.55. The molecular formula is C31H33Cl3F7N5O3. The number of piperazine rings is 1. The average Bonchev–Trinajstić information content (AvgIpc) is 3.46. The van der Waals surface area contributed by atoms with Crippen molar-refractivity contribution in [3.8, 4) is 11.1 Å². The first-order chi connectivity index (χ1) is 21.7. The maximum Gasteiger partial charge on any atom is 0.419 e. The number of halogens is 10. The molecule has 2 fully saturated rings. The molecule has 2 aromatic carbocycles. The summed E-state index contributed by atoms with van der Waals surface area (Å²) in [5.41, 5.74) is -0.0258. The number of aromatic nitrogens is 1. The lowest BCUT2D eigenvalue weighted by Gasteiger charge is -2.35. The number of rotatable bonds is 8. The van der Waals surface area contributed by atoms with Gasteiger partial charge in [-0.2, -0.15) is 26.3 Å². The second-order valence-electron chi connectivity index (χ2n) is 11.2. The molecule has 0 aliphatic carbocycles. The molecule has 270 valence electrons. The van der Waals surface area contributed by atoms with Gasteiger partial charge < -0.3 is 15.3 Å². The maximum atomic E-state index is 14.5. The van der Waals surface area contributed by atoms with Gasteiger partial charge in [0.25, 0.3) is 5.91 Å². The van der Waals surface area contributed by atoms with E-state index in [2.05, 4.69) is 15.2 Å². The SMILES string of the molecule is Cl.Cl.Cl.O=C(O)CN1CCN(c2ccc(C(=O)Nc3cc(CN4CCC[C@H]4C(F)(F)F)c(-c4ccc(C(F)(F)F)c(F)c4)cn3)cc2)CC1. The molecule has 8 nitrogen and oxygen atoms in total. The van der Waals surface area contributed by atoms with Gasteiger partial charge in [-0.25, -0.2) is 9.37 Å². The van der Waals surface area contributed by atoms with Crippen LogP contribution in [0.1, 0.15) is 34.3 Å². The Morgan fingerprint density at radius 3 is 2.12 bits per heavy atom. The molecule has 1 aromatic heterocycles. The van der Waals surface area contributed by atoms with Crippen molar-refractivity contribution in [3.63, 3.8) is 0 Å². The minimum absolute atomic E-state index is 0. The Hall–Kier alpha value is -3.37. The number of amides is 1. The quantitative estimate of drug-likeness (QED) is 0.236. The van der Waals surface area contributed by atoms with Gasteiger partial charge in [-0.1, -0.05) is 6.07 Å². The third kappa shape index (κ3) is 10.3. The van der Waals surface area contributed by atoms with Gasteiger partial charge in [-0.05, 0) is 73.0 Å². The summed E-state index contributed by atoms with van der Waals surface area (Å²) in [4.78, 5) is 33.3. The fourth-order valence-corrected chi connectivity index (χ4v) is 5.84. The molecule has 5 rings (SSSR count). The van der Waals surface area contributed by atoms with Crippen LogP contribution in [0.15, 0.2) is 54.7 Å². The van der Waals surface area contributed by atoms with E-state index in [1.54, 1.807) is 24.3 Å². The number of nitrogens with one attached hydrogen (secondary N) is 1. The normalized spacial score (nSPS) is 17.0. The fraction of sp³-hybridized carbons (Fsp3) is 0.387. The van der Waals surface area contributed by atoms with Crippen LogP contribution in [-0.2, 0) is 17.5 Å². The number of carboxylic acid groups (broad SMARTS) is 1. The average molecular weight is 763 g/mol. The maximum absolute atomic E-state index is 14.5. The predicted molar refractivity (Wildman–Crippen MR) is 177 cm³/mol. The van der Waals surface area contributed by atoms with E-state index in [9.17, 15) is 40.3 Å². The van der Waals surface area contributed by atoms with Gasteiger partial charge in [0, 0.05) is 55.7 Å². The number of carbonyl (C=O) groups excluding carboxylic acids is 1. The zero-order valence-corrected chi connectivity index (χ0v) is 28.0. The van der Waals surface area contributed by atoms with E-state index in [-0.39, 0.29) is 97.8 Å². The molecule has 2 aliphatic rings. The number of benzene rings is 2. The molecule has 0 radical (unpaired) electrons. The van der Waals surface area contributed by atoms with Crippen LogP contribution in [0.3, 0.4) is 0 Å². The van der Waals surface area contributed by atoms with Crippen LogP contribution in [0.5, 0.6) is 0 Å². The summed E-state index contributed by atoms with van der Waals surface area (Å²) in [6.07, 6.45) is -8.06. The number of carbonyl (C=O) groups is 2. The number of nitrogens with zero attached hydrogens (tertiary/aromatic N) is 4. The van der Waals surface area contributed by atoms with Gasteiger partial charge in [0.2, 0.25) is 0 Å². The minimum atomic E-state index is -4.93. The lowest BCUT2D eigenvalue weighted by atomic mass is 9.99. The Kier molecular flexibility index (Phi) is 14.5. The minimum Gasteiger partial charge on any atom is -0.480 e. The van der Waals surface area contributed by atoms with E-state index < -0.39 is 41.7 Å². The third-order valence-corrected chi connectivity index (χ3v) is 8.16. The molecule has 2 aliphatic heterocycles. The Bertz CT molecular complexity index is 1590. The Morgan fingerprint density at radius 1 is 0.898 bits per heavy atom. The number of aliphatic carboxylic acids is 1. The van der Waals surface area contributed by atoms with Gasteiger partial charge in [0.15, 0.2) is 0 Å². The van der Waals surface area contributed by atoms with Crippen LogP contribution < -0.4 is 10.2 Å². The zero-order valence-electron chi connectivity index (χ0n) is 25.6. The molecule has 3 heterocycles. The smallest absolute Gasteiger partial charge is 0.419 e. The number of hydrogen-bond donors (Lipinski definition) is 2. The Labute approximate surface area is 295 Å². The molecular weight excluding hydrogens is 730 g/mol. The van der Waals surface area contributed by atoms with Crippen LogP contribution in [0.4, 0.5) is 42.2 Å². The van der Waals surface area contributed by atoms with Crippen LogP contribution in [0.25, 0.3) is 11.1 Å². The van der Waals surface area contributed by atoms with Crippen LogP contribution in [-0.4, -0.2) is 83.3 Å². The monoisotopic (exact) mass is 761 g/mol. The largest absolute Gasteiger partial charge is 0.480 e. The van der Waals surface area contributed by atoms with Crippen LogP contribution in [0.2, 0.25) is 0 Å². The highest BCUT2D eigenvalue weighted by atomic mass is 35.5. The van der Waals surface area contributed by atoms with Crippen LogP contribution in [0, 0.1) is 5.82 Å². The molecule has 1 amide bonds. The molecule has 0 bridgehead atoms. The Balaban J connectivity index is 0.00000278. The second-order valence-corrected chi connectivity index (χ2v) is 11.2. The van der Waals surface area contributed by atoms with Crippen molar-refractivity contribution < 1.29 is 45.4 Å². The number of carboxylic acids is 1. The van der Waals surface area contributed by atoms with E-state index in [4.69, 9.17) is 5.11 Å². The molecule has 49 heavy (non-hydrogen) atoms. The van der Waals surface area contributed by atoms with Crippen LogP contribution >= 0.6 is 37.2 Å². The van der Waals surface area contributed by atoms with E-state index in [1.165, 1.54) is 17.2 Å². The first-order valence-electron chi connectivity index (χ1n) is 14.5. The Morgan fingerprint density at radius 2 is 1.55 bits per heavy atom. The van der Waals surface area contributed by atoms with Crippen molar-refractivity contribution in [1.29, 1.82) is 0 Å². The van der Waals surface area contributed by atoms with Gasteiger partial charge in [0.05, 0.1) is 12.1 Å². The first kappa shape index (κ1) is 41.8. The lowest BCUT2D eigenvalue weighted by molar-refractivity contribution is -0.177. The summed E-state index contributed by atoms with van der Waals surface area (Å²) in [5, 5.41) is 11.6. The van der Waals surface area contributed by atoms with E-state index >= 15 is 0 Å². The number of pyridine rings is 1. The number of likely N-dealkylation sites (tertiary alicyclic amines) is 1. The molecule has 0 unspecified atom stereocenters. The summed E-state index contributed by atoms with van der Waals surface area (Å²) in [6.45, 7) is 2.17. The van der Waals surface area contributed by atoms with E-state index in [0.717, 1.165) is 11.8 Å². The topological polar surface area (TPSA) is 89.0 Å².